The van der Waals surface area contributed by atoms with Gasteiger partial charge in [-0.3, -0.25) is 0 Å². The van der Waals surface area contributed by atoms with Gasteiger partial charge in [-0.15, -0.1) is 0 Å². The largest absolute Gasteiger partial charge is 0.444 e. The van der Waals surface area contributed by atoms with Crippen molar-refractivity contribution in [2.75, 3.05) is 6.54 Å². The van der Waals surface area contributed by atoms with E-state index >= 15 is 0 Å². The highest BCUT2D eigenvalue weighted by Gasteiger charge is 2.33. The summed E-state index contributed by atoms with van der Waals surface area (Å²) in [6.45, 7) is 10.8. The van der Waals surface area contributed by atoms with E-state index in [1.54, 1.807) is 0 Å². The first-order chi connectivity index (χ1) is 10.3. The van der Waals surface area contributed by atoms with Crippen molar-refractivity contribution in [2.24, 2.45) is 0 Å². The predicted octanol–water partition coefficient (Wildman–Crippen LogP) is 5.02. The Bertz CT molecular complexity index is 531. The number of aryl methyl sites for hydroxylation is 1. The summed E-state index contributed by atoms with van der Waals surface area (Å²) in [6.07, 6.45) is 4.00. The molecule has 0 saturated heterocycles. The highest BCUT2D eigenvalue weighted by molar-refractivity contribution is 5.69. The summed E-state index contributed by atoms with van der Waals surface area (Å²) in [5, 5.41) is 0. The van der Waals surface area contributed by atoms with Crippen LogP contribution in [-0.2, 0) is 11.2 Å². The van der Waals surface area contributed by atoms with Crippen LogP contribution < -0.4 is 0 Å². The minimum Gasteiger partial charge on any atom is -0.444 e. The Morgan fingerprint density at radius 2 is 2.09 bits per heavy atom. The molecule has 1 atom stereocenters. The van der Waals surface area contributed by atoms with Crippen molar-refractivity contribution >= 4 is 6.09 Å². The van der Waals surface area contributed by atoms with E-state index in [0.717, 1.165) is 32.2 Å². The van der Waals surface area contributed by atoms with Crippen LogP contribution in [-0.4, -0.2) is 23.1 Å². The normalized spacial score (nSPS) is 18.0. The van der Waals surface area contributed by atoms with E-state index in [0.29, 0.717) is 0 Å². The third-order valence-corrected chi connectivity index (χ3v) is 4.12. The molecule has 3 nitrogen and oxygen atoms in total. The maximum atomic E-state index is 12.6. The second-order valence-electron chi connectivity index (χ2n) is 7.28. The zero-order valence-corrected chi connectivity index (χ0v) is 14.6. The molecule has 122 valence electrons. The first-order valence-corrected chi connectivity index (χ1v) is 8.41. The lowest BCUT2D eigenvalue weighted by molar-refractivity contribution is 0.0130. The molecular formula is C19H29NO2. The van der Waals surface area contributed by atoms with E-state index in [2.05, 4.69) is 32.0 Å². The minimum absolute atomic E-state index is 0.151. The zero-order chi connectivity index (χ0) is 16.3. The summed E-state index contributed by atoms with van der Waals surface area (Å²) in [5.74, 6) is 0. The third kappa shape index (κ3) is 4.02. The summed E-state index contributed by atoms with van der Waals surface area (Å²) in [6, 6.07) is 6.78. The van der Waals surface area contributed by atoms with Crippen molar-refractivity contribution in [1.29, 1.82) is 0 Å². The van der Waals surface area contributed by atoms with Crippen molar-refractivity contribution in [3.05, 3.63) is 34.9 Å². The second kappa shape index (κ2) is 6.72. The SMILES string of the molecule is CCCCC1c2cc(C)ccc2CCN1C(=O)OC(C)(C)C. The van der Waals surface area contributed by atoms with E-state index in [-0.39, 0.29) is 12.1 Å². The van der Waals surface area contributed by atoms with E-state index in [4.69, 9.17) is 4.74 Å². The summed E-state index contributed by atoms with van der Waals surface area (Å²) < 4.78 is 5.62. The number of carbonyl (C=O) groups is 1. The molecule has 1 aliphatic rings. The Morgan fingerprint density at radius 3 is 2.73 bits per heavy atom. The molecule has 0 saturated carbocycles. The number of rotatable bonds is 3. The average Bonchev–Trinajstić information content (AvgIpc) is 2.42. The molecule has 0 N–H and O–H groups in total. The van der Waals surface area contributed by atoms with Gasteiger partial charge in [0.15, 0.2) is 0 Å². The Morgan fingerprint density at radius 1 is 1.36 bits per heavy atom. The molecule has 1 heterocycles. The van der Waals surface area contributed by atoms with Crippen molar-refractivity contribution in [1.82, 2.24) is 4.90 Å². The van der Waals surface area contributed by atoms with Crippen molar-refractivity contribution in [2.45, 2.75) is 71.9 Å². The molecule has 1 aliphatic heterocycles. The molecule has 22 heavy (non-hydrogen) atoms. The van der Waals surface area contributed by atoms with E-state index in [1.807, 2.05) is 25.7 Å². The summed E-state index contributed by atoms with van der Waals surface area (Å²) in [7, 11) is 0. The molecule has 1 aromatic rings. The predicted molar refractivity (Wildman–Crippen MR) is 90.1 cm³/mol. The monoisotopic (exact) mass is 303 g/mol. The Kier molecular flexibility index (Phi) is 5.15. The Balaban J connectivity index is 2.28. The van der Waals surface area contributed by atoms with E-state index in [9.17, 15) is 4.79 Å². The first kappa shape index (κ1) is 16.9. The van der Waals surface area contributed by atoms with Gasteiger partial charge in [-0.25, -0.2) is 4.79 Å². The molecule has 0 aromatic heterocycles. The molecule has 1 unspecified atom stereocenters. The fourth-order valence-electron chi connectivity index (χ4n) is 3.06. The van der Waals surface area contributed by atoms with Gasteiger partial charge in [0.05, 0.1) is 6.04 Å². The van der Waals surface area contributed by atoms with Crippen LogP contribution in [0.1, 0.15) is 69.7 Å². The summed E-state index contributed by atoms with van der Waals surface area (Å²) >= 11 is 0. The second-order valence-corrected chi connectivity index (χ2v) is 7.28. The first-order valence-electron chi connectivity index (χ1n) is 8.41. The quantitative estimate of drug-likeness (QED) is 0.784. The third-order valence-electron chi connectivity index (χ3n) is 4.12. The van der Waals surface area contributed by atoms with Crippen LogP contribution in [0.3, 0.4) is 0 Å². The van der Waals surface area contributed by atoms with Gasteiger partial charge >= 0.3 is 6.09 Å². The smallest absolute Gasteiger partial charge is 0.410 e. The maximum absolute atomic E-state index is 12.6. The molecule has 2 rings (SSSR count). The van der Waals surface area contributed by atoms with Gasteiger partial charge in [-0.1, -0.05) is 43.5 Å². The van der Waals surface area contributed by atoms with Crippen molar-refractivity contribution < 1.29 is 9.53 Å². The summed E-state index contributed by atoms with van der Waals surface area (Å²) in [5.41, 5.74) is 3.50. The number of hydrogen-bond acceptors (Lipinski definition) is 2. The molecule has 0 spiro atoms. The molecule has 0 aliphatic carbocycles. The van der Waals surface area contributed by atoms with E-state index in [1.165, 1.54) is 16.7 Å². The molecule has 0 fully saturated rings. The number of carbonyl (C=O) groups excluding carboxylic acids is 1. The highest BCUT2D eigenvalue weighted by atomic mass is 16.6. The van der Waals surface area contributed by atoms with Gasteiger partial charge in [0.25, 0.3) is 0 Å². The van der Waals surface area contributed by atoms with Crippen LogP contribution >= 0.6 is 0 Å². The zero-order valence-electron chi connectivity index (χ0n) is 14.6. The molecule has 0 radical (unpaired) electrons. The van der Waals surface area contributed by atoms with Gasteiger partial charge in [0, 0.05) is 6.54 Å². The lowest BCUT2D eigenvalue weighted by Gasteiger charge is -2.38. The number of unbranched alkanes of at least 4 members (excludes halogenated alkanes) is 1. The van der Waals surface area contributed by atoms with Gasteiger partial charge in [-0.05, 0) is 51.7 Å². The van der Waals surface area contributed by atoms with Crippen LogP contribution in [0.2, 0.25) is 0 Å². The Labute approximate surface area is 134 Å². The fraction of sp³-hybridized carbons (Fsp3) is 0.632. The molecule has 1 amide bonds. The topological polar surface area (TPSA) is 29.5 Å². The van der Waals surface area contributed by atoms with Gasteiger partial charge in [0.2, 0.25) is 0 Å². The number of ether oxygens (including phenoxy) is 1. The van der Waals surface area contributed by atoms with Crippen LogP contribution in [0.4, 0.5) is 4.79 Å². The number of benzene rings is 1. The number of nitrogens with zero attached hydrogens (tertiary/aromatic N) is 1. The highest BCUT2D eigenvalue weighted by Crippen LogP contribution is 2.35. The van der Waals surface area contributed by atoms with Gasteiger partial charge in [-0.2, -0.15) is 0 Å². The standard InChI is InChI=1S/C19H29NO2/c1-6-7-8-17-16-13-14(2)9-10-15(16)11-12-20(17)18(21)22-19(3,4)5/h9-10,13,17H,6-8,11-12H2,1-5H3. The number of fused-ring (bicyclic) bond motifs is 1. The minimum atomic E-state index is -0.445. The van der Waals surface area contributed by atoms with Crippen molar-refractivity contribution in [3.63, 3.8) is 0 Å². The van der Waals surface area contributed by atoms with Crippen molar-refractivity contribution in [3.8, 4) is 0 Å². The summed E-state index contributed by atoms with van der Waals surface area (Å²) in [4.78, 5) is 14.5. The van der Waals surface area contributed by atoms with Crippen LogP contribution in [0.5, 0.6) is 0 Å². The molecule has 3 heteroatoms. The van der Waals surface area contributed by atoms with Crippen LogP contribution in [0, 0.1) is 6.92 Å². The molecule has 1 aromatic carbocycles. The van der Waals surface area contributed by atoms with Gasteiger partial charge in [0.1, 0.15) is 5.60 Å². The fourth-order valence-corrected chi connectivity index (χ4v) is 3.06. The number of hydrogen-bond donors (Lipinski definition) is 0. The van der Waals surface area contributed by atoms with E-state index < -0.39 is 5.60 Å². The van der Waals surface area contributed by atoms with Crippen LogP contribution in [0.15, 0.2) is 18.2 Å². The molecular weight excluding hydrogens is 274 g/mol. The molecule has 0 bridgehead atoms. The number of amides is 1. The lowest BCUT2D eigenvalue weighted by atomic mass is 9.88. The average molecular weight is 303 g/mol. The lowest BCUT2D eigenvalue weighted by Crippen LogP contribution is -2.43. The van der Waals surface area contributed by atoms with Crippen LogP contribution in [0.25, 0.3) is 0 Å². The Hall–Kier alpha value is -1.51. The van der Waals surface area contributed by atoms with Gasteiger partial charge < -0.3 is 9.64 Å². The maximum Gasteiger partial charge on any atom is 0.410 e.